The summed E-state index contributed by atoms with van der Waals surface area (Å²) in [6.07, 6.45) is 0. The third-order valence-electron chi connectivity index (χ3n) is 2.54. The van der Waals surface area contributed by atoms with Crippen molar-refractivity contribution in [3.63, 3.8) is 0 Å². The zero-order valence-electron chi connectivity index (χ0n) is 10.4. The van der Waals surface area contributed by atoms with Gasteiger partial charge in [0.1, 0.15) is 17.1 Å². The highest BCUT2D eigenvalue weighted by Crippen LogP contribution is 2.22. The molecule has 0 unspecified atom stereocenters. The number of Topliss-reactive ketones (excluding diaryl/α,β-unsaturated/α-hetero) is 1. The van der Waals surface area contributed by atoms with Crippen molar-refractivity contribution in [2.45, 2.75) is 20.8 Å². The summed E-state index contributed by atoms with van der Waals surface area (Å²) >= 11 is 1.58. The molecule has 0 amide bonds. The fourth-order valence-corrected chi connectivity index (χ4v) is 2.21. The summed E-state index contributed by atoms with van der Waals surface area (Å²) in [5.74, 6) is 0.0913. The van der Waals surface area contributed by atoms with E-state index in [-0.39, 0.29) is 11.7 Å². The molecule has 0 aliphatic carbocycles. The number of hydrogen-bond donors (Lipinski definition) is 0. The number of aryl methyl sites for hydroxylation is 2. The molecular formula is C12H15N3OS. The lowest BCUT2D eigenvalue weighted by atomic mass is 10.1. The van der Waals surface area contributed by atoms with E-state index in [0.717, 1.165) is 16.4 Å². The van der Waals surface area contributed by atoms with Crippen molar-refractivity contribution in [1.82, 2.24) is 14.8 Å². The Balaban J connectivity index is 2.40. The number of carbonyl (C=O) groups excluding carboxylic acids is 1. The van der Waals surface area contributed by atoms with E-state index in [4.69, 9.17) is 0 Å². The van der Waals surface area contributed by atoms with Gasteiger partial charge in [0.05, 0.1) is 5.01 Å². The summed E-state index contributed by atoms with van der Waals surface area (Å²) in [6.45, 7) is 5.74. The highest BCUT2D eigenvalue weighted by Gasteiger charge is 2.17. The molecule has 0 fully saturated rings. The van der Waals surface area contributed by atoms with Crippen molar-refractivity contribution < 1.29 is 4.79 Å². The molecule has 90 valence electrons. The third kappa shape index (κ3) is 2.29. The Bertz CT molecular complexity index is 554. The highest BCUT2D eigenvalue weighted by molar-refractivity contribution is 7.09. The van der Waals surface area contributed by atoms with Gasteiger partial charge in [-0.25, -0.2) is 4.98 Å². The standard InChI is InChI=1S/C12H15N3OS/c1-7(2)12(16)11-5-9(14-15(11)4)10-6-17-8(3)13-10/h5-7H,1-4H3. The molecule has 0 atom stereocenters. The fraction of sp³-hybridized carbons (Fsp3) is 0.417. The van der Waals surface area contributed by atoms with Crippen molar-refractivity contribution in [2.75, 3.05) is 0 Å². The second-order valence-corrected chi connectivity index (χ2v) is 5.37. The van der Waals surface area contributed by atoms with Gasteiger partial charge < -0.3 is 0 Å². The maximum absolute atomic E-state index is 11.9. The van der Waals surface area contributed by atoms with E-state index in [9.17, 15) is 4.79 Å². The van der Waals surface area contributed by atoms with Crippen LogP contribution >= 0.6 is 11.3 Å². The number of ketones is 1. The van der Waals surface area contributed by atoms with Crippen LogP contribution in [0.5, 0.6) is 0 Å². The molecule has 0 radical (unpaired) electrons. The van der Waals surface area contributed by atoms with Crippen molar-refractivity contribution in [3.8, 4) is 11.4 Å². The van der Waals surface area contributed by atoms with Gasteiger partial charge in [0.25, 0.3) is 0 Å². The largest absolute Gasteiger partial charge is 0.292 e. The molecule has 0 aromatic carbocycles. The van der Waals surface area contributed by atoms with Crippen LogP contribution in [0.15, 0.2) is 11.4 Å². The van der Waals surface area contributed by atoms with E-state index in [1.165, 1.54) is 0 Å². The molecule has 2 rings (SSSR count). The summed E-state index contributed by atoms with van der Waals surface area (Å²) in [7, 11) is 1.79. The molecule has 5 heteroatoms. The van der Waals surface area contributed by atoms with E-state index in [0.29, 0.717) is 5.69 Å². The average Bonchev–Trinajstić information content (AvgIpc) is 2.83. The first-order chi connectivity index (χ1) is 7.99. The molecular weight excluding hydrogens is 234 g/mol. The molecule has 2 aromatic rings. The molecule has 0 bridgehead atoms. The lowest BCUT2D eigenvalue weighted by molar-refractivity contribution is 0.0930. The van der Waals surface area contributed by atoms with Crippen LogP contribution in [-0.4, -0.2) is 20.5 Å². The number of rotatable bonds is 3. The van der Waals surface area contributed by atoms with Crippen LogP contribution in [0, 0.1) is 12.8 Å². The molecule has 2 aromatic heterocycles. The Hall–Kier alpha value is -1.49. The van der Waals surface area contributed by atoms with Crippen LogP contribution in [0.2, 0.25) is 0 Å². The highest BCUT2D eigenvalue weighted by atomic mass is 32.1. The fourth-order valence-electron chi connectivity index (χ4n) is 1.60. The van der Waals surface area contributed by atoms with Crippen molar-refractivity contribution in [2.24, 2.45) is 13.0 Å². The zero-order valence-corrected chi connectivity index (χ0v) is 11.2. The quantitative estimate of drug-likeness (QED) is 0.786. The summed E-state index contributed by atoms with van der Waals surface area (Å²) in [6, 6.07) is 1.82. The first kappa shape index (κ1) is 12.0. The molecule has 0 aliphatic heterocycles. The van der Waals surface area contributed by atoms with Crippen molar-refractivity contribution in [1.29, 1.82) is 0 Å². The minimum atomic E-state index is -0.0181. The Kier molecular flexibility index (Phi) is 3.11. The van der Waals surface area contributed by atoms with E-state index in [1.807, 2.05) is 32.2 Å². The van der Waals surface area contributed by atoms with Gasteiger partial charge in [-0.05, 0) is 13.0 Å². The molecule has 17 heavy (non-hydrogen) atoms. The van der Waals surface area contributed by atoms with Crippen LogP contribution in [0.4, 0.5) is 0 Å². The summed E-state index contributed by atoms with van der Waals surface area (Å²) < 4.78 is 1.63. The van der Waals surface area contributed by atoms with Crippen LogP contribution in [0.3, 0.4) is 0 Å². The van der Waals surface area contributed by atoms with Crippen LogP contribution in [0.25, 0.3) is 11.4 Å². The lowest BCUT2D eigenvalue weighted by Crippen LogP contribution is -2.12. The van der Waals surface area contributed by atoms with Gasteiger partial charge >= 0.3 is 0 Å². The smallest absolute Gasteiger partial charge is 0.183 e. The second-order valence-electron chi connectivity index (χ2n) is 4.31. The number of thiazole rings is 1. The lowest BCUT2D eigenvalue weighted by Gasteiger charge is -2.02. The molecule has 0 saturated heterocycles. The topological polar surface area (TPSA) is 47.8 Å². The molecule has 0 N–H and O–H groups in total. The maximum atomic E-state index is 11.9. The van der Waals surface area contributed by atoms with Crippen LogP contribution < -0.4 is 0 Å². The maximum Gasteiger partial charge on any atom is 0.183 e. The van der Waals surface area contributed by atoms with Gasteiger partial charge in [-0.15, -0.1) is 11.3 Å². The Morgan fingerprint density at radius 1 is 1.41 bits per heavy atom. The molecule has 2 heterocycles. The summed E-state index contributed by atoms with van der Waals surface area (Å²) in [4.78, 5) is 16.3. The zero-order chi connectivity index (χ0) is 12.6. The minimum Gasteiger partial charge on any atom is -0.292 e. The third-order valence-corrected chi connectivity index (χ3v) is 3.31. The molecule has 0 saturated carbocycles. The normalized spacial score (nSPS) is 11.1. The Morgan fingerprint density at radius 3 is 2.65 bits per heavy atom. The van der Waals surface area contributed by atoms with E-state index >= 15 is 0 Å². The SMILES string of the molecule is Cc1nc(-c2cc(C(=O)C(C)C)n(C)n2)cs1. The monoisotopic (exact) mass is 249 g/mol. The van der Waals surface area contributed by atoms with Gasteiger partial charge in [0.2, 0.25) is 0 Å². The van der Waals surface area contributed by atoms with Gasteiger partial charge in [-0.1, -0.05) is 13.8 Å². The van der Waals surface area contributed by atoms with Gasteiger partial charge in [-0.3, -0.25) is 9.48 Å². The average molecular weight is 249 g/mol. The molecule has 0 spiro atoms. The molecule has 4 nitrogen and oxygen atoms in total. The number of aromatic nitrogens is 3. The van der Waals surface area contributed by atoms with Gasteiger partial charge in [-0.2, -0.15) is 5.10 Å². The van der Waals surface area contributed by atoms with Gasteiger partial charge in [0, 0.05) is 18.3 Å². The number of nitrogens with zero attached hydrogens (tertiary/aromatic N) is 3. The Morgan fingerprint density at radius 2 is 2.12 bits per heavy atom. The predicted octanol–water partition coefficient (Wildman–Crippen LogP) is 2.69. The van der Waals surface area contributed by atoms with Gasteiger partial charge in [0.15, 0.2) is 5.78 Å². The predicted molar refractivity (Wildman–Crippen MR) is 68.2 cm³/mol. The summed E-state index contributed by atoms with van der Waals surface area (Å²) in [5, 5.41) is 7.30. The minimum absolute atomic E-state index is 0.0181. The first-order valence-electron chi connectivity index (χ1n) is 5.49. The van der Waals surface area contributed by atoms with E-state index in [1.54, 1.807) is 23.1 Å². The second kappa shape index (κ2) is 4.41. The van der Waals surface area contributed by atoms with Crippen molar-refractivity contribution in [3.05, 3.63) is 22.1 Å². The van der Waals surface area contributed by atoms with Crippen LogP contribution in [-0.2, 0) is 7.05 Å². The summed E-state index contributed by atoms with van der Waals surface area (Å²) in [5.41, 5.74) is 2.24. The van der Waals surface area contributed by atoms with E-state index in [2.05, 4.69) is 10.1 Å². The van der Waals surface area contributed by atoms with Crippen LogP contribution in [0.1, 0.15) is 29.3 Å². The number of hydrogen-bond acceptors (Lipinski definition) is 4. The number of carbonyl (C=O) groups is 1. The Labute approximate surface area is 104 Å². The van der Waals surface area contributed by atoms with Crippen molar-refractivity contribution >= 4 is 17.1 Å². The molecule has 0 aliphatic rings. The van der Waals surface area contributed by atoms with E-state index < -0.39 is 0 Å². The first-order valence-corrected chi connectivity index (χ1v) is 6.37.